The molecule has 170 valence electrons. The van der Waals surface area contributed by atoms with Gasteiger partial charge in [-0.15, -0.1) is 0 Å². The minimum atomic E-state index is -0.652. The topological polar surface area (TPSA) is 33.6 Å². The number of benzene rings is 4. The third kappa shape index (κ3) is 4.69. The SMILES string of the molecule is C[C@@]1(c2cc(N=C(c3ccccc3)c3ccccc3)ccc2F)CO[C@@H](c2ccccc2)CN1. The lowest BCUT2D eigenvalue weighted by Crippen LogP contribution is -2.50. The highest BCUT2D eigenvalue weighted by Crippen LogP contribution is 2.33. The first-order valence-corrected chi connectivity index (χ1v) is 11.5. The number of aliphatic imine (C=N–C) groups is 1. The van der Waals surface area contributed by atoms with Gasteiger partial charge in [-0.05, 0) is 30.7 Å². The molecule has 0 bridgehead atoms. The molecule has 3 nitrogen and oxygen atoms in total. The van der Waals surface area contributed by atoms with Gasteiger partial charge in [-0.2, -0.15) is 0 Å². The molecule has 1 fully saturated rings. The summed E-state index contributed by atoms with van der Waals surface area (Å²) in [6.45, 7) is 2.95. The van der Waals surface area contributed by atoms with Crippen molar-refractivity contribution in [1.82, 2.24) is 5.32 Å². The predicted molar refractivity (Wildman–Crippen MR) is 135 cm³/mol. The van der Waals surface area contributed by atoms with E-state index in [4.69, 9.17) is 9.73 Å². The van der Waals surface area contributed by atoms with Crippen LogP contribution in [0.1, 0.15) is 35.3 Å². The highest BCUT2D eigenvalue weighted by atomic mass is 19.1. The van der Waals surface area contributed by atoms with E-state index in [1.54, 1.807) is 6.07 Å². The zero-order valence-corrected chi connectivity index (χ0v) is 19.1. The smallest absolute Gasteiger partial charge is 0.128 e. The monoisotopic (exact) mass is 450 g/mol. The number of morpholine rings is 1. The fourth-order valence-electron chi connectivity index (χ4n) is 4.37. The molecule has 0 aliphatic carbocycles. The zero-order valence-electron chi connectivity index (χ0n) is 19.1. The molecule has 0 radical (unpaired) electrons. The maximum absolute atomic E-state index is 15.1. The Balaban J connectivity index is 1.47. The Morgan fingerprint density at radius 1 is 0.853 bits per heavy atom. The molecule has 1 N–H and O–H groups in total. The molecule has 5 rings (SSSR count). The van der Waals surface area contributed by atoms with Gasteiger partial charge >= 0.3 is 0 Å². The fraction of sp³-hybridized carbons (Fsp3) is 0.167. The van der Waals surface area contributed by atoms with Gasteiger partial charge in [0.2, 0.25) is 0 Å². The van der Waals surface area contributed by atoms with Gasteiger partial charge in [0.1, 0.15) is 5.82 Å². The average Bonchev–Trinajstić information content (AvgIpc) is 2.90. The van der Waals surface area contributed by atoms with E-state index in [9.17, 15) is 0 Å². The molecule has 1 aliphatic rings. The summed E-state index contributed by atoms with van der Waals surface area (Å²) >= 11 is 0. The van der Waals surface area contributed by atoms with Gasteiger partial charge in [0.25, 0.3) is 0 Å². The molecule has 4 heteroatoms. The molecule has 4 aromatic rings. The summed E-state index contributed by atoms with van der Waals surface area (Å²) in [5.41, 5.74) is 4.59. The van der Waals surface area contributed by atoms with Crippen LogP contribution in [0.15, 0.2) is 114 Å². The highest BCUT2D eigenvalue weighted by Gasteiger charge is 2.35. The van der Waals surface area contributed by atoms with Crippen molar-refractivity contribution in [3.63, 3.8) is 0 Å². The number of hydrogen-bond donors (Lipinski definition) is 1. The standard InChI is InChI=1S/C30H27FN2O/c1-30(21-34-28(20-32-30)22-11-5-2-6-12-22)26-19-25(17-18-27(26)31)33-29(23-13-7-3-8-14-23)24-15-9-4-10-16-24/h2-19,28,32H,20-21H2,1H3/t28-,30+/m1/s1. The summed E-state index contributed by atoms with van der Waals surface area (Å²) < 4.78 is 21.2. The first-order chi connectivity index (χ1) is 16.6. The molecule has 4 aromatic carbocycles. The van der Waals surface area contributed by atoms with E-state index in [-0.39, 0.29) is 11.9 Å². The normalized spacial score (nSPS) is 20.0. The third-order valence-corrected chi connectivity index (χ3v) is 6.30. The van der Waals surface area contributed by atoms with Gasteiger partial charge in [-0.1, -0.05) is 91.0 Å². The summed E-state index contributed by atoms with van der Waals surface area (Å²) in [4.78, 5) is 4.97. The highest BCUT2D eigenvalue weighted by molar-refractivity contribution is 6.13. The molecule has 0 amide bonds. The van der Waals surface area contributed by atoms with E-state index in [1.165, 1.54) is 6.07 Å². The van der Waals surface area contributed by atoms with Crippen LogP contribution in [-0.2, 0) is 10.3 Å². The molecule has 0 saturated carbocycles. The van der Waals surface area contributed by atoms with Gasteiger partial charge in [0.15, 0.2) is 0 Å². The summed E-state index contributed by atoms with van der Waals surface area (Å²) in [5.74, 6) is -0.267. The second-order valence-electron chi connectivity index (χ2n) is 8.78. The van der Waals surface area contributed by atoms with E-state index in [0.29, 0.717) is 24.4 Å². The Morgan fingerprint density at radius 3 is 2.00 bits per heavy atom. The van der Waals surface area contributed by atoms with E-state index >= 15 is 4.39 Å². The minimum absolute atomic E-state index is 0.0543. The molecule has 0 aromatic heterocycles. The largest absolute Gasteiger partial charge is 0.370 e. The van der Waals surface area contributed by atoms with Gasteiger partial charge in [-0.3, -0.25) is 0 Å². The Kier molecular flexibility index (Phi) is 6.35. The second-order valence-corrected chi connectivity index (χ2v) is 8.78. The molecular weight excluding hydrogens is 423 g/mol. The van der Waals surface area contributed by atoms with Crippen molar-refractivity contribution in [3.8, 4) is 0 Å². The lowest BCUT2D eigenvalue weighted by Gasteiger charge is -2.39. The van der Waals surface area contributed by atoms with Crippen LogP contribution in [0.25, 0.3) is 0 Å². The minimum Gasteiger partial charge on any atom is -0.370 e. The molecule has 0 unspecified atom stereocenters. The van der Waals surface area contributed by atoms with E-state index < -0.39 is 5.54 Å². The van der Waals surface area contributed by atoms with Crippen molar-refractivity contribution < 1.29 is 9.13 Å². The van der Waals surface area contributed by atoms with Crippen molar-refractivity contribution in [1.29, 1.82) is 0 Å². The van der Waals surface area contributed by atoms with Crippen LogP contribution in [0.3, 0.4) is 0 Å². The molecule has 34 heavy (non-hydrogen) atoms. The first kappa shape index (κ1) is 22.2. The van der Waals surface area contributed by atoms with E-state index in [1.807, 2.05) is 91.9 Å². The maximum atomic E-state index is 15.1. The summed E-state index contributed by atoms with van der Waals surface area (Å²) in [5, 5.41) is 3.53. The van der Waals surface area contributed by atoms with Crippen molar-refractivity contribution in [2.45, 2.75) is 18.6 Å². The van der Waals surface area contributed by atoms with Gasteiger partial charge < -0.3 is 10.1 Å². The van der Waals surface area contributed by atoms with Crippen LogP contribution in [0.5, 0.6) is 0 Å². The van der Waals surface area contributed by atoms with Gasteiger partial charge in [-0.25, -0.2) is 9.38 Å². The lowest BCUT2D eigenvalue weighted by molar-refractivity contribution is -0.0317. The van der Waals surface area contributed by atoms with Gasteiger partial charge in [0, 0.05) is 23.2 Å². The number of nitrogens with zero attached hydrogens (tertiary/aromatic N) is 1. The van der Waals surface area contributed by atoms with E-state index in [0.717, 1.165) is 22.4 Å². The van der Waals surface area contributed by atoms with E-state index in [2.05, 4.69) is 17.4 Å². The molecule has 1 heterocycles. The third-order valence-electron chi connectivity index (χ3n) is 6.30. The Morgan fingerprint density at radius 2 is 1.44 bits per heavy atom. The quantitative estimate of drug-likeness (QED) is 0.349. The van der Waals surface area contributed by atoms with Crippen molar-refractivity contribution in [3.05, 3.63) is 137 Å². The molecule has 2 atom stereocenters. The Hall–Kier alpha value is -3.60. The van der Waals surface area contributed by atoms with Crippen LogP contribution in [0, 0.1) is 5.82 Å². The van der Waals surface area contributed by atoms with Crippen molar-refractivity contribution in [2.75, 3.05) is 13.2 Å². The van der Waals surface area contributed by atoms with Crippen molar-refractivity contribution >= 4 is 11.4 Å². The van der Waals surface area contributed by atoms with Crippen LogP contribution in [0.2, 0.25) is 0 Å². The van der Waals surface area contributed by atoms with Gasteiger partial charge in [0.05, 0.1) is 29.6 Å². The zero-order chi connectivity index (χ0) is 23.4. The van der Waals surface area contributed by atoms with Crippen molar-refractivity contribution in [2.24, 2.45) is 4.99 Å². The molecule has 1 aliphatic heterocycles. The Bertz CT molecular complexity index is 1220. The molecular formula is C30H27FN2O. The lowest BCUT2D eigenvalue weighted by atomic mass is 9.89. The molecule has 1 saturated heterocycles. The fourth-order valence-corrected chi connectivity index (χ4v) is 4.37. The summed E-state index contributed by atoms with van der Waals surface area (Å²) in [6, 6.07) is 35.3. The second kappa shape index (κ2) is 9.72. The van der Waals surface area contributed by atoms with Crippen LogP contribution in [0.4, 0.5) is 10.1 Å². The number of rotatable bonds is 5. The van der Waals surface area contributed by atoms with Crippen LogP contribution < -0.4 is 5.32 Å². The van der Waals surface area contributed by atoms with Crippen LogP contribution >= 0.6 is 0 Å². The number of ether oxygens (including phenoxy) is 1. The number of halogens is 1. The number of hydrogen-bond acceptors (Lipinski definition) is 3. The number of nitrogens with one attached hydrogen (secondary N) is 1. The summed E-state index contributed by atoms with van der Waals surface area (Å²) in [7, 11) is 0. The Labute approximate surface area is 200 Å². The molecule has 0 spiro atoms. The average molecular weight is 451 g/mol. The van der Waals surface area contributed by atoms with Crippen LogP contribution in [-0.4, -0.2) is 18.9 Å². The first-order valence-electron chi connectivity index (χ1n) is 11.5. The summed E-state index contributed by atoms with van der Waals surface area (Å²) in [6.07, 6.45) is -0.0543. The predicted octanol–water partition coefficient (Wildman–Crippen LogP) is 6.57. The maximum Gasteiger partial charge on any atom is 0.128 e.